The van der Waals surface area contributed by atoms with Crippen LogP contribution in [-0.4, -0.2) is 29.7 Å². The van der Waals surface area contributed by atoms with Crippen LogP contribution in [0.4, 0.5) is 11.9 Å². The van der Waals surface area contributed by atoms with Crippen molar-refractivity contribution in [3.63, 3.8) is 0 Å². The molecule has 21 heavy (non-hydrogen) atoms. The Labute approximate surface area is 121 Å². The Kier molecular flexibility index (Phi) is 3.42. The number of nitrogens with zero attached hydrogens (tertiary/aromatic N) is 6. The Balaban J connectivity index is 1.81. The van der Waals surface area contributed by atoms with Gasteiger partial charge in [-0.3, -0.25) is 0 Å². The molecule has 8 nitrogen and oxygen atoms in total. The molecule has 2 aromatic heterocycles. The molecule has 0 unspecified atom stereocenters. The molecule has 8 heteroatoms. The maximum atomic E-state index is 5.70. The van der Waals surface area contributed by atoms with E-state index in [1.54, 1.807) is 0 Å². The summed E-state index contributed by atoms with van der Waals surface area (Å²) in [6.07, 6.45) is 2.90. The monoisotopic (exact) mass is 282 g/mol. The van der Waals surface area contributed by atoms with E-state index in [1.807, 2.05) is 18.2 Å². The van der Waals surface area contributed by atoms with Crippen molar-refractivity contribution in [2.45, 2.75) is 13.5 Å². The first-order chi connectivity index (χ1) is 10.2. The van der Waals surface area contributed by atoms with Crippen molar-refractivity contribution in [2.75, 3.05) is 11.1 Å². The van der Waals surface area contributed by atoms with Gasteiger partial charge in [-0.2, -0.15) is 24.7 Å². The van der Waals surface area contributed by atoms with Gasteiger partial charge in [0.25, 0.3) is 5.95 Å². The highest BCUT2D eigenvalue weighted by Gasteiger charge is 2.07. The highest BCUT2D eigenvalue weighted by molar-refractivity contribution is 5.36. The molecule has 1 aromatic carbocycles. The Bertz CT molecular complexity index is 738. The van der Waals surface area contributed by atoms with Crippen molar-refractivity contribution in [2.24, 2.45) is 0 Å². The molecule has 0 bridgehead atoms. The smallest absolute Gasteiger partial charge is 0.258 e. The van der Waals surface area contributed by atoms with Crippen molar-refractivity contribution in [3.05, 3.63) is 48.0 Å². The minimum atomic E-state index is 0.128. The fraction of sp³-hybridized carbons (Fsp3) is 0.154. The van der Waals surface area contributed by atoms with Crippen LogP contribution in [0.25, 0.3) is 5.95 Å². The average Bonchev–Trinajstić information content (AvgIpc) is 3.00. The van der Waals surface area contributed by atoms with Crippen LogP contribution in [0.15, 0.2) is 36.9 Å². The Hall–Kier alpha value is -3.03. The standard InChI is InChI=1S/C13H14N8/c1-9-4-2-3-5-10(9)6-16-12-18-11(14)19-13(20-12)21-8-15-7-17-21/h2-5,7-8H,6H2,1H3,(H3,14,16,18,19,20). The van der Waals surface area contributed by atoms with E-state index < -0.39 is 0 Å². The highest BCUT2D eigenvalue weighted by Crippen LogP contribution is 2.10. The van der Waals surface area contributed by atoms with E-state index in [-0.39, 0.29) is 5.95 Å². The molecule has 0 amide bonds. The van der Waals surface area contributed by atoms with Crippen molar-refractivity contribution >= 4 is 11.9 Å². The predicted molar refractivity (Wildman–Crippen MR) is 77.7 cm³/mol. The SMILES string of the molecule is Cc1ccccc1CNc1nc(N)nc(-n2cncn2)n1. The molecule has 0 aliphatic heterocycles. The molecule has 0 spiro atoms. The van der Waals surface area contributed by atoms with Crippen LogP contribution in [-0.2, 0) is 6.54 Å². The molecule has 0 atom stereocenters. The van der Waals surface area contributed by atoms with E-state index in [0.717, 1.165) is 0 Å². The largest absolute Gasteiger partial charge is 0.368 e. The molecule has 3 aromatic rings. The number of benzene rings is 1. The first-order valence-electron chi connectivity index (χ1n) is 6.37. The van der Waals surface area contributed by atoms with Crippen molar-refractivity contribution < 1.29 is 0 Å². The zero-order valence-corrected chi connectivity index (χ0v) is 11.4. The lowest BCUT2D eigenvalue weighted by Gasteiger charge is -2.08. The molecule has 3 N–H and O–H groups in total. The number of nitrogens with two attached hydrogens (primary N) is 1. The maximum absolute atomic E-state index is 5.70. The minimum Gasteiger partial charge on any atom is -0.368 e. The van der Waals surface area contributed by atoms with E-state index in [9.17, 15) is 0 Å². The van der Waals surface area contributed by atoms with Gasteiger partial charge in [-0.05, 0) is 18.1 Å². The zero-order chi connectivity index (χ0) is 14.7. The third-order valence-corrected chi connectivity index (χ3v) is 2.96. The fourth-order valence-corrected chi connectivity index (χ4v) is 1.86. The summed E-state index contributed by atoms with van der Waals surface area (Å²) in [5, 5.41) is 7.11. The Morgan fingerprint density at radius 2 is 2.05 bits per heavy atom. The summed E-state index contributed by atoms with van der Waals surface area (Å²) in [4.78, 5) is 16.2. The number of hydrogen-bond donors (Lipinski definition) is 2. The maximum Gasteiger partial charge on any atom is 0.258 e. The first kappa shape index (κ1) is 13.0. The van der Waals surface area contributed by atoms with Gasteiger partial charge in [-0.25, -0.2) is 4.98 Å². The molecule has 106 valence electrons. The van der Waals surface area contributed by atoms with E-state index in [0.29, 0.717) is 18.4 Å². The van der Waals surface area contributed by atoms with E-state index >= 15 is 0 Å². The molecular formula is C13H14N8. The minimum absolute atomic E-state index is 0.128. The average molecular weight is 282 g/mol. The molecule has 0 radical (unpaired) electrons. The molecule has 0 saturated heterocycles. The van der Waals surface area contributed by atoms with Crippen molar-refractivity contribution in [1.82, 2.24) is 29.7 Å². The van der Waals surface area contributed by atoms with E-state index in [4.69, 9.17) is 5.73 Å². The van der Waals surface area contributed by atoms with Gasteiger partial charge >= 0.3 is 0 Å². The van der Waals surface area contributed by atoms with Crippen molar-refractivity contribution in [3.8, 4) is 5.95 Å². The second kappa shape index (κ2) is 5.53. The predicted octanol–water partition coefficient (Wildman–Crippen LogP) is 0.955. The summed E-state index contributed by atoms with van der Waals surface area (Å²) in [6, 6.07) is 8.10. The fourth-order valence-electron chi connectivity index (χ4n) is 1.86. The summed E-state index contributed by atoms with van der Waals surface area (Å²) in [5.41, 5.74) is 8.06. The lowest BCUT2D eigenvalue weighted by molar-refractivity contribution is 0.797. The quantitative estimate of drug-likeness (QED) is 0.733. The van der Waals surface area contributed by atoms with Crippen molar-refractivity contribution in [1.29, 1.82) is 0 Å². The normalized spacial score (nSPS) is 10.5. The number of hydrogen-bond acceptors (Lipinski definition) is 7. The molecular weight excluding hydrogens is 268 g/mol. The third kappa shape index (κ3) is 2.94. The van der Waals surface area contributed by atoms with Crippen LogP contribution < -0.4 is 11.1 Å². The van der Waals surface area contributed by atoms with Crippen LogP contribution >= 0.6 is 0 Å². The summed E-state index contributed by atoms with van der Waals surface area (Å²) in [6.45, 7) is 2.66. The second-order valence-electron chi connectivity index (χ2n) is 4.44. The number of anilines is 2. The van der Waals surface area contributed by atoms with Crippen LogP contribution in [0.5, 0.6) is 0 Å². The third-order valence-electron chi connectivity index (χ3n) is 2.96. The molecule has 0 fully saturated rings. The van der Waals surface area contributed by atoms with Crippen LogP contribution in [0, 0.1) is 6.92 Å². The number of aryl methyl sites for hydroxylation is 1. The molecule has 2 heterocycles. The van der Waals surface area contributed by atoms with Gasteiger partial charge in [-0.15, -0.1) is 0 Å². The summed E-state index contributed by atoms with van der Waals surface area (Å²) in [5.74, 6) is 0.853. The van der Waals surface area contributed by atoms with Crippen LogP contribution in [0.2, 0.25) is 0 Å². The van der Waals surface area contributed by atoms with E-state index in [2.05, 4.69) is 43.3 Å². The topological polar surface area (TPSA) is 107 Å². The Morgan fingerprint density at radius 3 is 2.81 bits per heavy atom. The first-order valence-corrected chi connectivity index (χ1v) is 6.37. The molecule has 0 saturated carbocycles. The van der Waals surface area contributed by atoms with E-state index in [1.165, 1.54) is 28.5 Å². The Morgan fingerprint density at radius 1 is 1.19 bits per heavy atom. The second-order valence-corrected chi connectivity index (χ2v) is 4.44. The molecule has 0 aliphatic rings. The van der Waals surface area contributed by atoms with Gasteiger partial charge in [0, 0.05) is 6.54 Å². The van der Waals surface area contributed by atoms with Gasteiger partial charge in [0.15, 0.2) is 0 Å². The van der Waals surface area contributed by atoms with Crippen LogP contribution in [0.3, 0.4) is 0 Å². The highest BCUT2D eigenvalue weighted by atomic mass is 15.4. The van der Waals surface area contributed by atoms with Gasteiger partial charge in [0.1, 0.15) is 12.7 Å². The van der Waals surface area contributed by atoms with Gasteiger partial charge < -0.3 is 11.1 Å². The van der Waals surface area contributed by atoms with Gasteiger partial charge in [0.05, 0.1) is 0 Å². The van der Waals surface area contributed by atoms with Gasteiger partial charge in [0.2, 0.25) is 11.9 Å². The lowest BCUT2D eigenvalue weighted by Crippen LogP contribution is -2.11. The summed E-state index contributed by atoms with van der Waals surface area (Å²) in [7, 11) is 0. The van der Waals surface area contributed by atoms with Crippen LogP contribution in [0.1, 0.15) is 11.1 Å². The summed E-state index contributed by atoms with van der Waals surface area (Å²) < 4.78 is 1.43. The number of rotatable bonds is 4. The lowest BCUT2D eigenvalue weighted by atomic mass is 10.1. The molecule has 0 aliphatic carbocycles. The zero-order valence-electron chi connectivity index (χ0n) is 11.4. The van der Waals surface area contributed by atoms with Gasteiger partial charge in [-0.1, -0.05) is 24.3 Å². The molecule has 3 rings (SSSR count). The number of aromatic nitrogens is 6. The number of nitrogens with one attached hydrogen (secondary N) is 1. The number of nitrogen functional groups attached to an aromatic ring is 1. The summed E-state index contributed by atoms with van der Waals surface area (Å²) >= 11 is 0.